The van der Waals surface area contributed by atoms with Crippen LogP contribution in [0.1, 0.15) is 85.0 Å². The summed E-state index contributed by atoms with van der Waals surface area (Å²) >= 11 is 0. The number of hydrogen-bond donors (Lipinski definition) is 0. The predicted octanol–water partition coefficient (Wildman–Crippen LogP) is 5.39. The predicted molar refractivity (Wildman–Crippen MR) is 86.1 cm³/mol. The maximum Gasteiger partial charge on any atom is 0.409 e. The Morgan fingerprint density at radius 1 is 0.800 bits per heavy atom. The van der Waals surface area contributed by atoms with Gasteiger partial charge in [0.15, 0.2) is 0 Å². The molecule has 0 unspecified atom stereocenters. The minimum absolute atomic E-state index is 0.161. The van der Waals surface area contributed by atoms with Gasteiger partial charge in [0.1, 0.15) is 0 Å². The minimum atomic E-state index is -0.161. The molecule has 0 saturated carbocycles. The third-order valence-electron chi connectivity index (χ3n) is 3.69. The Labute approximate surface area is 126 Å². The first-order chi connectivity index (χ1) is 9.76. The van der Waals surface area contributed by atoms with Gasteiger partial charge in [-0.1, -0.05) is 64.7 Å². The van der Waals surface area contributed by atoms with Gasteiger partial charge in [0.05, 0.1) is 6.61 Å². The van der Waals surface area contributed by atoms with E-state index < -0.39 is 0 Å². The fourth-order valence-corrected chi connectivity index (χ4v) is 2.38. The summed E-state index contributed by atoms with van der Waals surface area (Å²) in [5.74, 6) is 0. The van der Waals surface area contributed by atoms with Gasteiger partial charge in [0.25, 0.3) is 0 Å². The molecule has 20 heavy (non-hydrogen) atoms. The van der Waals surface area contributed by atoms with Gasteiger partial charge in [0.2, 0.25) is 0 Å². The molecule has 0 N–H and O–H groups in total. The molecule has 0 heterocycles. The number of carbonyl (C=O) groups excluding carboxylic acids is 1. The molecule has 0 aromatic carbocycles. The van der Waals surface area contributed by atoms with Crippen LogP contribution in [0.5, 0.6) is 0 Å². The lowest BCUT2D eigenvalue weighted by Gasteiger charge is -2.19. The summed E-state index contributed by atoms with van der Waals surface area (Å²) < 4.78 is 5.02. The van der Waals surface area contributed by atoms with Crippen LogP contribution in [-0.2, 0) is 4.74 Å². The molecule has 0 bridgehead atoms. The summed E-state index contributed by atoms with van der Waals surface area (Å²) in [5, 5.41) is 0. The van der Waals surface area contributed by atoms with Crippen LogP contribution < -0.4 is 0 Å². The molecule has 0 rings (SSSR count). The van der Waals surface area contributed by atoms with Crippen molar-refractivity contribution >= 4 is 6.09 Å². The topological polar surface area (TPSA) is 29.5 Å². The molecule has 0 saturated heterocycles. The van der Waals surface area contributed by atoms with E-state index in [4.69, 9.17) is 4.74 Å². The minimum Gasteiger partial charge on any atom is -0.450 e. The van der Waals surface area contributed by atoms with E-state index in [2.05, 4.69) is 6.92 Å². The van der Waals surface area contributed by atoms with E-state index in [1.54, 1.807) is 4.90 Å². The summed E-state index contributed by atoms with van der Waals surface area (Å²) in [6.45, 7) is 8.17. The summed E-state index contributed by atoms with van der Waals surface area (Å²) in [4.78, 5) is 13.4. The molecule has 0 spiro atoms. The molecule has 1 amide bonds. The SMILES string of the molecule is CCCCCCCCCCCCN(CC)C(=O)OCC. The second kappa shape index (κ2) is 14.7. The van der Waals surface area contributed by atoms with Crippen molar-refractivity contribution in [2.75, 3.05) is 19.7 Å². The maximum atomic E-state index is 11.6. The molecule has 0 radical (unpaired) electrons. The van der Waals surface area contributed by atoms with Crippen molar-refractivity contribution in [2.24, 2.45) is 0 Å². The molecule has 120 valence electrons. The van der Waals surface area contributed by atoms with E-state index in [1.165, 1.54) is 57.8 Å². The molecule has 0 fully saturated rings. The highest BCUT2D eigenvalue weighted by Gasteiger charge is 2.10. The largest absolute Gasteiger partial charge is 0.450 e. The molecule has 0 aromatic rings. The van der Waals surface area contributed by atoms with Crippen LogP contribution >= 0.6 is 0 Å². The Bertz CT molecular complexity index is 219. The fraction of sp³-hybridized carbons (Fsp3) is 0.941. The first-order valence-electron chi connectivity index (χ1n) is 8.67. The van der Waals surface area contributed by atoms with Crippen LogP contribution in [0.2, 0.25) is 0 Å². The molecule has 0 aromatic heterocycles. The van der Waals surface area contributed by atoms with E-state index in [0.29, 0.717) is 6.61 Å². The zero-order valence-corrected chi connectivity index (χ0v) is 14.0. The first kappa shape index (κ1) is 19.3. The summed E-state index contributed by atoms with van der Waals surface area (Å²) in [6.07, 6.45) is 13.1. The monoisotopic (exact) mass is 285 g/mol. The van der Waals surface area contributed by atoms with E-state index in [-0.39, 0.29) is 6.09 Å². The van der Waals surface area contributed by atoms with Crippen molar-refractivity contribution in [2.45, 2.75) is 85.0 Å². The van der Waals surface area contributed by atoms with E-state index in [9.17, 15) is 4.79 Å². The Morgan fingerprint density at radius 3 is 1.75 bits per heavy atom. The van der Waals surface area contributed by atoms with Crippen LogP contribution in [-0.4, -0.2) is 30.7 Å². The number of carbonyl (C=O) groups is 1. The Balaban J connectivity index is 3.35. The summed E-state index contributed by atoms with van der Waals surface area (Å²) in [6, 6.07) is 0. The third kappa shape index (κ3) is 11.1. The average Bonchev–Trinajstić information content (AvgIpc) is 2.45. The van der Waals surface area contributed by atoms with Crippen molar-refractivity contribution in [3.8, 4) is 0 Å². The standard InChI is InChI=1S/C17H35NO2/c1-4-7-8-9-10-11-12-13-14-15-16-18(5-2)17(19)20-6-3/h4-16H2,1-3H3. The molecule has 0 aliphatic rings. The number of ether oxygens (including phenoxy) is 1. The normalized spacial score (nSPS) is 10.6. The third-order valence-corrected chi connectivity index (χ3v) is 3.69. The molecule has 3 nitrogen and oxygen atoms in total. The highest BCUT2D eigenvalue weighted by Crippen LogP contribution is 2.11. The van der Waals surface area contributed by atoms with Crippen molar-refractivity contribution in [3.63, 3.8) is 0 Å². The van der Waals surface area contributed by atoms with Gasteiger partial charge in [-0.05, 0) is 20.3 Å². The van der Waals surface area contributed by atoms with Gasteiger partial charge in [-0.3, -0.25) is 0 Å². The Hall–Kier alpha value is -0.730. The van der Waals surface area contributed by atoms with E-state index in [1.807, 2.05) is 13.8 Å². The van der Waals surface area contributed by atoms with Crippen molar-refractivity contribution in [1.29, 1.82) is 0 Å². The number of rotatable bonds is 13. The van der Waals surface area contributed by atoms with Gasteiger partial charge in [-0.25, -0.2) is 4.79 Å². The van der Waals surface area contributed by atoms with Crippen LogP contribution in [0.4, 0.5) is 4.79 Å². The Morgan fingerprint density at radius 2 is 1.30 bits per heavy atom. The summed E-state index contributed by atoms with van der Waals surface area (Å²) in [7, 11) is 0. The van der Waals surface area contributed by atoms with Crippen LogP contribution in [0, 0.1) is 0 Å². The molecular formula is C17H35NO2. The van der Waals surface area contributed by atoms with Crippen LogP contribution in [0.3, 0.4) is 0 Å². The zero-order chi connectivity index (χ0) is 15.1. The average molecular weight is 285 g/mol. The number of amides is 1. The fourth-order valence-electron chi connectivity index (χ4n) is 2.38. The van der Waals surface area contributed by atoms with Gasteiger partial charge in [0, 0.05) is 13.1 Å². The Kier molecular flexibility index (Phi) is 14.1. The lowest BCUT2D eigenvalue weighted by Crippen LogP contribution is -2.32. The van der Waals surface area contributed by atoms with Gasteiger partial charge < -0.3 is 9.64 Å². The molecule has 3 heteroatoms. The maximum absolute atomic E-state index is 11.6. The van der Waals surface area contributed by atoms with Gasteiger partial charge >= 0.3 is 6.09 Å². The van der Waals surface area contributed by atoms with Crippen molar-refractivity contribution < 1.29 is 9.53 Å². The van der Waals surface area contributed by atoms with E-state index >= 15 is 0 Å². The van der Waals surface area contributed by atoms with Gasteiger partial charge in [-0.15, -0.1) is 0 Å². The summed E-state index contributed by atoms with van der Waals surface area (Å²) in [5.41, 5.74) is 0. The van der Waals surface area contributed by atoms with Gasteiger partial charge in [-0.2, -0.15) is 0 Å². The highest BCUT2D eigenvalue weighted by atomic mass is 16.6. The highest BCUT2D eigenvalue weighted by molar-refractivity contribution is 5.67. The van der Waals surface area contributed by atoms with Crippen LogP contribution in [0.25, 0.3) is 0 Å². The van der Waals surface area contributed by atoms with Crippen LogP contribution in [0.15, 0.2) is 0 Å². The molecule has 0 atom stereocenters. The number of unbranched alkanes of at least 4 members (excludes halogenated alkanes) is 9. The number of hydrogen-bond acceptors (Lipinski definition) is 2. The molecule has 0 aliphatic carbocycles. The lowest BCUT2D eigenvalue weighted by atomic mass is 10.1. The second-order valence-electron chi connectivity index (χ2n) is 5.46. The smallest absolute Gasteiger partial charge is 0.409 e. The van der Waals surface area contributed by atoms with Crippen molar-refractivity contribution in [3.05, 3.63) is 0 Å². The number of nitrogens with zero attached hydrogens (tertiary/aromatic N) is 1. The van der Waals surface area contributed by atoms with Crippen molar-refractivity contribution in [1.82, 2.24) is 4.90 Å². The zero-order valence-electron chi connectivity index (χ0n) is 14.0. The first-order valence-corrected chi connectivity index (χ1v) is 8.67. The molecular weight excluding hydrogens is 250 g/mol. The second-order valence-corrected chi connectivity index (χ2v) is 5.46. The molecule has 0 aliphatic heterocycles. The van der Waals surface area contributed by atoms with E-state index in [0.717, 1.165) is 19.5 Å². The quantitative estimate of drug-likeness (QED) is 0.425. The lowest BCUT2D eigenvalue weighted by molar-refractivity contribution is 0.108.